The van der Waals surface area contributed by atoms with E-state index < -0.39 is 23.6 Å². The van der Waals surface area contributed by atoms with Crippen molar-refractivity contribution < 1.29 is 29.6 Å². The Balaban J connectivity index is 1.89. The van der Waals surface area contributed by atoms with Crippen LogP contribution in [0.25, 0.3) is 0 Å². The van der Waals surface area contributed by atoms with Crippen LogP contribution in [0.4, 0.5) is 0 Å². The number of fused-ring (bicyclic) bond motifs is 1. The van der Waals surface area contributed by atoms with Crippen LogP contribution in [-0.2, 0) is 14.3 Å². The molecule has 0 aromatic heterocycles. The number of rotatable bonds is 3. The fourth-order valence-electron chi connectivity index (χ4n) is 5.39. The molecule has 2 saturated carbocycles. The molecule has 140 valence electrons. The van der Waals surface area contributed by atoms with E-state index in [9.17, 15) is 24.9 Å². The van der Waals surface area contributed by atoms with E-state index in [4.69, 9.17) is 4.74 Å². The monoisotopic (exact) mass is 352 g/mol. The van der Waals surface area contributed by atoms with Gasteiger partial charge in [0.25, 0.3) is 0 Å². The summed E-state index contributed by atoms with van der Waals surface area (Å²) in [6.45, 7) is 3.84. The van der Waals surface area contributed by atoms with Gasteiger partial charge in [0.1, 0.15) is 18.5 Å². The highest BCUT2D eigenvalue weighted by Crippen LogP contribution is 2.59. The van der Waals surface area contributed by atoms with Gasteiger partial charge in [-0.05, 0) is 37.0 Å². The summed E-state index contributed by atoms with van der Waals surface area (Å²) in [5.41, 5.74) is -0.721. The summed E-state index contributed by atoms with van der Waals surface area (Å²) in [5, 5.41) is 30.2. The third-order valence-corrected chi connectivity index (χ3v) is 7.06. The highest BCUT2D eigenvalue weighted by atomic mass is 16.6. The lowest BCUT2D eigenvalue weighted by Gasteiger charge is -2.58. The molecule has 6 nitrogen and oxygen atoms in total. The van der Waals surface area contributed by atoms with E-state index in [1.165, 1.54) is 0 Å². The third kappa shape index (κ3) is 2.84. The van der Waals surface area contributed by atoms with Crippen molar-refractivity contribution in [1.82, 2.24) is 0 Å². The van der Waals surface area contributed by atoms with Crippen LogP contribution in [-0.4, -0.2) is 52.5 Å². The molecule has 0 aromatic rings. The van der Waals surface area contributed by atoms with Crippen LogP contribution >= 0.6 is 0 Å². The predicted molar refractivity (Wildman–Crippen MR) is 89.4 cm³/mol. The molecule has 1 aliphatic heterocycles. The van der Waals surface area contributed by atoms with E-state index in [1.807, 2.05) is 6.92 Å². The molecule has 2 aliphatic carbocycles. The molecule has 0 bridgehead atoms. The number of hydrogen-bond donors (Lipinski definition) is 3. The van der Waals surface area contributed by atoms with Crippen LogP contribution in [0.2, 0.25) is 0 Å². The Kier molecular flexibility index (Phi) is 4.81. The van der Waals surface area contributed by atoms with Gasteiger partial charge in [-0.2, -0.15) is 0 Å². The number of esters is 1. The number of ether oxygens (including phenoxy) is 1. The van der Waals surface area contributed by atoms with E-state index >= 15 is 0 Å². The van der Waals surface area contributed by atoms with E-state index in [0.29, 0.717) is 32.1 Å². The first-order valence-corrected chi connectivity index (χ1v) is 9.11. The van der Waals surface area contributed by atoms with Crippen molar-refractivity contribution in [3.8, 4) is 0 Å². The van der Waals surface area contributed by atoms with Gasteiger partial charge in [0.2, 0.25) is 0 Å². The Labute approximate surface area is 147 Å². The van der Waals surface area contributed by atoms with E-state index in [-0.39, 0.29) is 41.8 Å². The summed E-state index contributed by atoms with van der Waals surface area (Å²) in [6, 6.07) is 0. The summed E-state index contributed by atoms with van der Waals surface area (Å²) in [7, 11) is 0. The minimum absolute atomic E-state index is 0.0298. The topological polar surface area (TPSA) is 104 Å². The molecular weight excluding hydrogens is 324 g/mol. The molecule has 6 atom stereocenters. The molecule has 25 heavy (non-hydrogen) atoms. The number of carbonyl (C=O) groups excluding carboxylic acids is 2. The Bertz CT molecular complexity index is 599. The predicted octanol–water partition coefficient (Wildman–Crippen LogP) is 0.975. The maximum Gasteiger partial charge on any atom is 0.336 e. The zero-order valence-corrected chi connectivity index (χ0v) is 14.9. The maximum absolute atomic E-state index is 12.7. The lowest BCUT2D eigenvalue weighted by molar-refractivity contribution is -0.170. The molecule has 0 aromatic carbocycles. The molecule has 6 unspecified atom stereocenters. The molecule has 0 amide bonds. The van der Waals surface area contributed by atoms with Crippen LogP contribution in [0.3, 0.4) is 0 Å². The van der Waals surface area contributed by atoms with E-state index in [1.54, 1.807) is 6.08 Å². The van der Waals surface area contributed by atoms with Crippen LogP contribution < -0.4 is 0 Å². The molecule has 0 radical (unpaired) electrons. The number of carbonyl (C=O) groups is 2. The van der Waals surface area contributed by atoms with Crippen molar-refractivity contribution in [3.63, 3.8) is 0 Å². The molecule has 1 heterocycles. The zero-order chi connectivity index (χ0) is 18.4. The minimum atomic E-state index is -0.925. The molecule has 3 rings (SSSR count). The fourth-order valence-corrected chi connectivity index (χ4v) is 5.39. The third-order valence-electron chi connectivity index (χ3n) is 7.06. The molecule has 6 heteroatoms. The first-order chi connectivity index (χ1) is 11.7. The Morgan fingerprint density at radius 3 is 2.56 bits per heavy atom. The normalized spacial score (nSPS) is 46.2. The van der Waals surface area contributed by atoms with Crippen LogP contribution in [0.5, 0.6) is 0 Å². The SMILES string of the molecule is CC1(CO)C(O)CCC2(C)C(CC=C3C(=O)OCC3O)C(=O)CCC12. The van der Waals surface area contributed by atoms with Crippen LogP contribution in [0, 0.1) is 22.7 Å². The fraction of sp³-hybridized carbons (Fsp3) is 0.789. The molecule has 0 spiro atoms. The van der Waals surface area contributed by atoms with Gasteiger partial charge in [0.15, 0.2) is 0 Å². The number of hydrogen-bond acceptors (Lipinski definition) is 6. The lowest BCUT2D eigenvalue weighted by Crippen LogP contribution is -2.58. The second kappa shape index (κ2) is 6.49. The van der Waals surface area contributed by atoms with Gasteiger partial charge in [-0.25, -0.2) is 4.79 Å². The standard InChI is InChI=1S/C19H28O6/c1-18-8-7-16(23)19(2,10-20)15(18)6-5-13(21)12(18)4-3-11-14(22)9-25-17(11)24/h3,12,14-16,20,22-23H,4-10H2,1-2H3. The zero-order valence-electron chi connectivity index (χ0n) is 14.9. The van der Waals surface area contributed by atoms with Crippen molar-refractivity contribution >= 4 is 11.8 Å². The van der Waals surface area contributed by atoms with Crippen LogP contribution in [0.1, 0.15) is 46.0 Å². The molecule has 3 N–H and O–H groups in total. The first-order valence-electron chi connectivity index (χ1n) is 9.11. The maximum atomic E-state index is 12.7. The number of aliphatic hydroxyl groups excluding tert-OH is 3. The second-order valence-corrected chi connectivity index (χ2v) is 8.34. The lowest BCUT2D eigenvalue weighted by atomic mass is 9.46. The Morgan fingerprint density at radius 1 is 1.24 bits per heavy atom. The highest BCUT2D eigenvalue weighted by Gasteiger charge is 2.58. The van der Waals surface area contributed by atoms with Gasteiger partial charge < -0.3 is 20.1 Å². The van der Waals surface area contributed by atoms with Gasteiger partial charge in [-0.15, -0.1) is 0 Å². The number of ketones is 1. The largest absolute Gasteiger partial charge is 0.459 e. The Hall–Kier alpha value is -1.24. The van der Waals surface area contributed by atoms with Gasteiger partial charge in [0, 0.05) is 17.8 Å². The van der Waals surface area contributed by atoms with E-state index in [2.05, 4.69) is 6.92 Å². The summed E-state index contributed by atoms with van der Waals surface area (Å²) in [4.78, 5) is 24.4. The van der Waals surface area contributed by atoms with E-state index in [0.717, 1.165) is 0 Å². The highest BCUT2D eigenvalue weighted by molar-refractivity contribution is 5.92. The van der Waals surface area contributed by atoms with Crippen molar-refractivity contribution in [2.45, 2.75) is 58.2 Å². The molecule has 1 saturated heterocycles. The second-order valence-electron chi connectivity index (χ2n) is 8.34. The molecule has 3 aliphatic rings. The number of cyclic esters (lactones) is 1. The van der Waals surface area contributed by atoms with Gasteiger partial charge in [-0.1, -0.05) is 19.9 Å². The average Bonchev–Trinajstić information content (AvgIpc) is 2.89. The number of Topliss-reactive ketones (excluding diaryl/α,β-unsaturated/α-hetero) is 1. The molecular formula is C19H28O6. The Morgan fingerprint density at radius 2 is 1.96 bits per heavy atom. The van der Waals surface area contributed by atoms with Gasteiger partial charge in [0.05, 0.1) is 18.3 Å². The summed E-state index contributed by atoms with van der Waals surface area (Å²) < 4.78 is 4.83. The molecule has 3 fully saturated rings. The summed E-state index contributed by atoms with van der Waals surface area (Å²) in [6.07, 6.45) is 2.88. The van der Waals surface area contributed by atoms with Gasteiger partial charge >= 0.3 is 5.97 Å². The number of allylic oxidation sites excluding steroid dienone is 1. The van der Waals surface area contributed by atoms with Crippen molar-refractivity contribution in [1.29, 1.82) is 0 Å². The summed E-state index contributed by atoms with van der Waals surface area (Å²) in [5.74, 6) is -0.599. The van der Waals surface area contributed by atoms with Crippen molar-refractivity contribution in [3.05, 3.63) is 11.6 Å². The van der Waals surface area contributed by atoms with Crippen LogP contribution in [0.15, 0.2) is 11.6 Å². The first kappa shape index (κ1) is 18.5. The quantitative estimate of drug-likeness (QED) is 0.517. The van der Waals surface area contributed by atoms with Crippen molar-refractivity contribution in [2.24, 2.45) is 22.7 Å². The average molecular weight is 352 g/mol. The number of aliphatic hydroxyl groups is 3. The smallest absolute Gasteiger partial charge is 0.336 e. The van der Waals surface area contributed by atoms with Gasteiger partial charge in [-0.3, -0.25) is 4.79 Å². The summed E-state index contributed by atoms with van der Waals surface area (Å²) >= 11 is 0. The minimum Gasteiger partial charge on any atom is -0.459 e. The van der Waals surface area contributed by atoms with Crippen molar-refractivity contribution in [2.75, 3.05) is 13.2 Å².